The summed E-state index contributed by atoms with van der Waals surface area (Å²) in [4.78, 5) is 13.2. The van der Waals surface area contributed by atoms with E-state index in [2.05, 4.69) is 26.1 Å². The van der Waals surface area contributed by atoms with Crippen molar-refractivity contribution in [3.63, 3.8) is 0 Å². The molecule has 1 heterocycles. The summed E-state index contributed by atoms with van der Waals surface area (Å²) in [6.45, 7) is 8.84. The highest BCUT2D eigenvalue weighted by Crippen LogP contribution is 2.29. The van der Waals surface area contributed by atoms with E-state index in [9.17, 15) is 4.79 Å². The van der Waals surface area contributed by atoms with Gasteiger partial charge in [-0.1, -0.05) is 39.0 Å². The second-order valence-electron chi connectivity index (χ2n) is 7.45. The van der Waals surface area contributed by atoms with Crippen LogP contribution in [-0.2, 0) is 6.42 Å². The largest absolute Gasteiger partial charge is 0.492 e. The van der Waals surface area contributed by atoms with Crippen LogP contribution >= 0.6 is 0 Å². The number of para-hydroxylation sites is 1. The van der Waals surface area contributed by atoms with Crippen molar-refractivity contribution >= 4 is 16.8 Å². The number of nitrogens with one attached hydrogen (secondary N) is 1. The number of ether oxygens (including phenoxy) is 1. The van der Waals surface area contributed by atoms with Crippen LogP contribution in [0.5, 0.6) is 5.75 Å². The van der Waals surface area contributed by atoms with Gasteiger partial charge in [0, 0.05) is 23.9 Å². The van der Waals surface area contributed by atoms with Gasteiger partial charge in [-0.25, -0.2) is 0 Å². The van der Waals surface area contributed by atoms with E-state index in [1.165, 1.54) is 0 Å². The van der Waals surface area contributed by atoms with Crippen molar-refractivity contribution in [1.82, 2.24) is 5.32 Å². The van der Waals surface area contributed by atoms with Crippen LogP contribution in [0.25, 0.3) is 11.0 Å². The van der Waals surface area contributed by atoms with Crippen LogP contribution in [0.2, 0.25) is 0 Å². The number of rotatable bonds is 10. The summed E-state index contributed by atoms with van der Waals surface area (Å²) in [5.41, 5.74) is 2.10. The molecule has 1 N–H and O–H groups in total. The molecule has 1 aromatic heterocycles. The molecule has 4 nitrogen and oxygen atoms in total. The predicted octanol–water partition coefficient (Wildman–Crippen LogP) is 5.24. The minimum absolute atomic E-state index is 0.00134. The van der Waals surface area contributed by atoms with Crippen molar-refractivity contribution in [2.45, 2.75) is 33.6 Å². The van der Waals surface area contributed by atoms with Gasteiger partial charge in [-0.2, -0.15) is 0 Å². The number of aryl methyl sites for hydroxylation is 1. The maximum absolute atomic E-state index is 13.2. The van der Waals surface area contributed by atoms with Gasteiger partial charge in [0.15, 0.2) is 5.78 Å². The van der Waals surface area contributed by atoms with Crippen LogP contribution in [0.4, 0.5) is 0 Å². The normalized spacial score (nSPS) is 11.3. The Morgan fingerprint density at radius 3 is 2.57 bits per heavy atom. The molecule has 0 radical (unpaired) electrons. The minimum atomic E-state index is -0.00134. The summed E-state index contributed by atoms with van der Waals surface area (Å²) in [5, 5.41) is 4.23. The number of carbonyl (C=O) groups is 1. The monoisotopic (exact) mass is 379 g/mol. The van der Waals surface area contributed by atoms with Crippen LogP contribution in [0.1, 0.15) is 48.9 Å². The lowest BCUT2D eigenvalue weighted by Gasteiger charge is -2.09. The summed E-state index contributed by atoms with van der Waals surface area (Å²) in [7, 11) is 0. The van der Waals surface area contributed by atoms with E-state index in [1.807, 2.05) is 48.5 Å². The quantitative estimate of drug-likeness (QED) is 0.387. The second kappa shape index (κ2) is 9.56. The van der Waals surface area contributed by atoms with Crippen molar-refractivity contribution in [2.24, 2.45) is 5.92 Å². The predicted molar refractivity (Wildman–Crippen MR) is 113 cm³/mol. The van der Waals surface area contributed by atoms with Gasteiger partial charge in [0.05, 0.1) is 5.56 Å². The van der Waals surface area contributed by atoms with Crippen molar-refractivity contribution < 1.29 is 13.9 Å². The van der Waals surface area contributed by atoms with Gasteiger partial charge in [-0.3, -0.25) is 4.79 Å². The third-order valence-electron chi connectivity index (χ3n) is 4.59. The fourth-order valence-electron chi connectivity index (χ4n) is 3.23. The van der Waals surface area contributed by atoms with Crippen molar-refractivity contribution in [1.29, 1.82) is 0 Å². The molecule has 0 aliphatic heterocycles. The smallest absolute Gasteiger partial charge is 0.197 e. The van der Waals surface area contributed by atoms with Crippen LogP contribution in [0, 0.1) is 5.92 Å². The van der Waals surface area contributed by atoms with Gasteiger partial charge in [-0.05, 0) is 49.2 Å². The standard InChI is InChI=1S/C24H29NO3/c1-4-7-22-23(20-8-5-6-9-21(20)28-22)24(26)18-10-12-19(13-11-18)27-15-14-25-16-17(2)3/h5-6,8-13,17,25H,4,7,14-16H2,1-3H3. The lowest BCUT2D eigenvalue weighted by atomic mass is 9.98. The fraction of sp³-hybridized carbons (Fsp3) is 0.375. The van der Waals surface area contributed by atoms with Crippen LogP contribution < -0.4 is 10.1 Å². The van der Waals surface area contributed by atoms with Crippen molar-refractivity contribution in [2.75, 3.05) is 19.7 Å². The summed E-state index contributed by atoms with van der Waals surface area (Å²) >= 11 is 0. The van der Waals surface area contributed by atoms with Gasteiger partial charge in [0.1, 0.15) is 23.7 Å². The van der Waals surface area contributed by atoms with E-state index in [0.717, 1.165) is 48.4 Å². The molecule has 3 rings (SSSR count). The number of ketones is 1. The SMILES string of the molecule is CCCc1oc2ccccc2c1C(=O)c1ccc(OCCNCC(C)C)cc1. The summed E-state index contributed by atoms with van der Waals surface area (Å²) < 4.78 is 11.7. The molecular weight excluding hydrogens is 350 g/mol. The third kappa shape index (κ3) is 4.82. The Labute approximate surface area is 166 Å². The number of fused-ring (bicyclic) bond motifs is 1. The molecule has 0 fully saturated rings. The average molecular weight is 380 g/mol. The average Bonchev–Trinajstić information content (AvgIpc) is 3.05. The molecule has 0 saturated heterocycles. The summed E-state index contributed by atoms with van der Waals surface area (Å²) in [5.74, 6) is 2.17. The molecule has 0 aliphatic carbocycles. The fourth-order valence-corrected chi connectivity index (χ4v) is 3.23. The van der Waals surface area contributed by atoms with E-state index in [-0.39, 0.29) is 5.78 Å². The van der Waals surface area contributed by atoms with E-state index in [0.29, 0.717) is 23.7 Å². The Bertz CT molecular complexity index is 909. The Balaban J connectivity index is 1.71. The van der Waals surface area contributed by atoms with E-state index >= 15 is 0 Å². The molecule has 0 spiro atoms. The van der Waals surface area contributed by atoms with Gasteiger partial charge in [0.25, 0.3) is 0 Å². The molecule has 0 aliphatic rings. The van der Waals surface area contributed by atoms with E-state index < -0.39 is 0 Å². The zero-order valence-electron chi connectivity index (χ0n) is 17.0. The maximum atomic E-state index is 13.2. The zero-order chi connectivity index (χ0) is 19.9. The highest BCUT2D eigenvalue weighted by atomic mass is 16.5. The third-order valence-corrected chi connectivity index (χ3v) is 4.59. The molecule has 0 amide bonds. The Hall–Kier alpha value is -2.59. The Morgan fingerprint density at radius 2 is 1.86 bits per heavy atom. The molecule has 3 aromatic rings. The highest BCUT2D eigenvalue weighted by Gasteiger charge is 2.21. The number of benzene rings is 2. The lowest BCUT2D eigenvalue weighted by Crippen LogP contribution is -2.24. The summed E-state index contributed by atoms with van der Waals surface area (Å²) in [6.07, 6.45) is 1.68. The Morgan fingerprint density at radius 1 is 1.11 bits per heavy atom. The number of hydrogen-bond donors (Lipinski definition) is 1. The topological polar surface area (TPSA) is 51.5 Å². The Kier molecular flexibility index (Phi) is 6.88. The van der Waals surface area contributed by atoms with Crippen LogP contribution in [0.3, 0.4) is 0 Å². The van der Waals surface area contributed by atoms with Crippen LogP contribution in [-0.4, -0.2) is 25.5 Å². The molecule has 2 aromatic carbocycles. The molecule has 0 saturated carbocycles. The molecule has 0 atom stereocenters. The first kappa shape index (κ1) is 20.2. The van der Waals surface area contributed by atoms with Gasteiger partial charge < -0.3 is 14.5 Å². The van der Waals surface area contributed by atoms with Gasteiger partial charge in [-0.15, -0.1) is 0 Å². The molecule has 0 unspecified atom stereocenters. The first-order chi connectivity index (χ1) is 13.6. The first-order valence-corrected chi connectivity index (χ1v) is 10.1. The van der Waals surface area contributed by atoms with Crippen LogP contribution in [0.15, 0.2) is 52.9 Å². The lowest BCUT2D eigenvalue weighted by molar-refractivity contribution is 0.103. The number of hydrogen-bond acceptors (Lipinski definition) is 4. The molecule has 0 bridgehead atoms. The van der Waals surface area contributed by atoms with Gasteiger partial charge in [0.2, 0.25) is 0 Å². The van der Waals surface area contributed by atoms with Crippen molar-refractivity contribution in [3.8, 4) is 5.75 Å². The number of carbonyl (C=O) groups excluding carboxylic acids is 1. The highest BCUT2D eigenvalue weighted by molar-refractivity contribution is 6.16. The molecular formula is C24H29NO3. The van der Waals surface area contributed by atoms with Crippen molar-refractivity contribution in [3.05, 3.63) is 65.4 Å². The first-order valence-electron chi connectivity index (χ1n) is 10.1. The minimum Gasteiger partial charge on any atom is -0.492 e. The van der Waals surface area contributed by atoms with E-state index in [1.54, 1.807) is 0 Å². The van der Waals surface area contributed by atoms with Gasteiger partial charge >= 0.3 is 0 Å². The maximum Gasteiger partial charge on any atom is 0.197 e. The summed E-state index contributed by atoms with van der Waals surface area (Å²) in [6, 6.07) is 15.1. The van der Waals surface area contributed by atoms with E-state index in [4.69, 9.17) is 9.15 Å². The zero-order valence-corrected chi connectivity index (χ0v) is 17.0. The number of furan rings is 1. The second-order valence-corrected chi connectivity index (χ2v) is 7.45. The molecule has 148 valence electrons. The molecule has 28 heavy (non-hydrogen) atoms. The molecule has 4 heteroatoms.